The summed E-state index contributed by atoms with van der Waals surface area (Å²) >= 11 is 5.26. The van der Waals surface area contributed by atoms with Gasteiger partial charge in [-0.3, -0.25) is 4.79 Å². The Morgan fingerprint density at radius 3 is 2.90 bits per heavy atom. The third-order valence-corrected chi connectivity index (χ3v) is 1.68. The van der Waals surface area contributed by atoms with E-state index in [-0.39, 0.29) is 0 Å². The Labute approximate surface area is 62.2 Å². The lowest BCUT2D eigenvalue weighted by Crippen LogP contribution is -2.14. The number of halogens is 1. The fourth-order valence-electron chi connectivity index (χ4n) is 0.929. The summed E-state index contributed by atoms with van der Waals surface area (Å²) in [5.41, 5.74) is 3.50. The van der Waals surface area contributed by atoms with Gasteiger partial charge in [0.2, 0.25) is 0 Å². The van der Waals surface area contributed by atoms with E-state index in [9.17, 15) is 4.79 Å². The first-order valence-corrected chi connectivity index (χ1v) is 3.27. The van der Waals surface area contributed by atoms with Gasteiger partial charge in [0.15, 0.2) is 0 Å². The van der Waals surface area contributed by atoms with Crippen LogP contribution in [-0.4, -0.2) is 5.24 Å². The maximum atomic E-state index is 10.6. The van der Waals surface area contributed by atoms with Crippen LogP contribution < -0.4 is 10.4 Å². The Morgan fingerprint density at radius 1 is 1.50 bits per heavy atom. The van der Waals surface area contributed by atoms with Gasteiger partial charge >= 0.3 is 0 Å². The summed E-state index contributed by atoms with van der Waals surface area (Å²) in [5.74, 6) is 0. The molecule has 0 spiro atoms. The third-order valence-electron chi connectivity index (χ3n) is 1.47. The van der Waals surface area contributed by atoms with Crippen LogP contribution in [0.5, 0.6) is 0 Å². The number of fused-ring (bicyclic) bond motifs is 1. The molecular formula is C8H3ClO. The molecule has 0 atom stereocenters. The highest BCUT2D eigenvalue weighted by Crippen LogP contribution is 1.95. The first-order chi connectivity index (χ1) is 4.79. The van der Waals surface area contributed by atoms with Crippen molar-refractivity contribution in [1.29, 1.82) is 0 Å². The molecule has 0 bridgehead atoms. The summed E-state index contributed by atoms with van der Waals surface area (Å²) in [5, 5.41) is 1.48. The monoisotopic (exact) mass is 150 g/mol. The first kappa shape index (κ1) is 5.72. The van der Waals surface area contributed by atoms with E-state index in [1.807, 2.05) is 6.07 Å². The van der Waals surface area contributed by atoms with E-state index in [0.29, 0.717) is 5.56 Å². The fraction of sp³-hybridized carbons (Fsp3) is 0. The normalized spacial score (nSPS) is 10.9. The summed E-state index contributed by atoms with van der Waals surface area (Å²) < 4.78 is 0. The molecule has 1 aliphatic carbocycles. The van der Waals surface area contributed by atoms with E-state index < -0.39 is 5.24 Å². The van der Waals surface area contributed by atoms with Crippen LogP contribution in [0.15, 0.2) is 18.2 Å². The zero-order valence-electron chi connectivity index (χ0n) is 5.02. The van der Waals surface area contributed by atoms with Crippen molar-refractivity contribution in [3.05, 3.63) is 34.2 Å². The molecule has 2 rings (SSSR count). The number of carbonyl (C=O) groups excluding carboxylic acids is 1. The molecule has 48 valence electrons. The second-order valence-electron chi connectivity index (χ2n) is 2.13. The molecule has 2 heteroatoms. The SMILES string of the molecule is O=C(Cl)c1cccc2c1=C=2. The van der Waals surface area contributed by atoms with Crippen molar-refractivity contribution in [3.63, 3.8) is 0 Å². The molecule has 0 heterocycles. The Kier molecular flexibility index (Phi) is 0.986. The zero-order valence-corrected chi connectivity index (χ0v) is 5.77. The topological polar surface area (TPSA) is 17.1 Å². The summed E-state index contributed by atoms with van der Waals surface area (Å²) in [7, 11) is 0. The summed E-state index contributed by atoms with van der Waals surface area (Å²) in [6, 6.07) is 5.40. The van der Waals surface area contributed by atoms with Crippen molar-refractivity contribution in [2.75, 3.05) is 0 Å². The lowest BCUT2D eigenvalue weighted by Gasteiger charge is -1.85. The number of hydrogen-bond donors (Lipinski definition) is 0. The average molecular weight is 151 g/mol. The van der Waals surface area contributed by atoms with Gasteiger partial charge in [-0.1, -0.05) is 6.07 Å². The molecule has 0 saturated heterocycles. The van der Waals surface area contributed by atoms with E-state index in [1.165, 1.54) is 0 Å². The molecule has 0 N–H and O–H groups in total. The first-order valence-electron chi connectivity index (χ1n) is 2.89. The zero-order chi connectivity index (χ0) is 7.14. The van der Waals surface area contributed by atoms with Crippen molar-refractivity contribution in [1.82, 2.24) is 0 Å². The number of benzene rings is 1. The summed E-state index contributed by atoms with van der Waals surface area (Å²) in [4.78, 5) is 10.6. The molecule has 1 aromatic carbocycles. The van der Waals surface area contributed by atoms with Crippen LogP contribution in [-0.2, 0) is 0 Å². The number of hydrogen-bond acceptors (Lipinski definition) is 1. The second kappa shape index (κ2) is 1.72. The summed E-state index contributed by atoms with van der Waals surface area (Å²) in [6.45, 7) is 0. The van der Waals surface area contributed by atoms with Crippen molar-refractivity contribution in [2.24, 2.45) is 0 Å². The van der Waals surface area contributed by atoms with Gasteiger partial charge in [0.05, 0.1) is 5.56 Å². The molecule has 0 aromatic heterocycles. The maximum Gasteiger partial charge on any atom is 0.253 e. The van der Waals surface area contributed by atoms with Crippen LogP contribution in [0.25, 0.3) is 5.73 Å². The number of rotatable bonds is 1. The predicted octanol–water partition coefficient (Wildman–Crippen LogP) is 0.130. The quantitative estimate of drug-likeness (QED) is 0.529. The van der Waals surface area contributed by atoms with E-state index in [4.69, 9.17) is 11.6 Å². The van der Waals surface area contributed by atoms with Gasteiger partial charge in [0, 0.05) is 10.4 Å². The van der Waals surface area contributed by atoms with Crippen LogP contribution in [0.4, 0.5) is 0 Å². The van der Waals surface area contributed by atoms with Crippen LogP contribution in [0.1, 0.15) is 10.4 Å². The highest BCUT2D eigenvalue weighted by molar-refractivity contribution is 6.67. The van der Waals surface area contributed by atoms with Gasteiger partial charge in [-0.25, -0.2) is 0 Å². The minimum absolute atomic E-state index is 0.401. The van der Waals surface area contributed by atoms with Crippen molar-refractivity contribution in [3.8, 4) is 0 Å². The highest BCUT2D eigenvalue weighted by Gasteiger charge is 2.07. The minimum atomic E-state index is -0.401. The van der Waals surface area contributed by atoms with Gasteiger partial charge in [-0.05, 0) is 23.7 Å². The Balaban J connectivity index is 2.70. The molecule has 0 saturated carbocycles. The van der Waals surface area contributed by atoms with Crippen LogP contribution in [0.2, 0.25) is 0 Å². The smallest absolute Gasteiger partial charge is 0.253 e. The fourth-order valence-corrected chi connectivity index (χ4v) is 1.09. The lowest BCUT2D eigenvalue weighted by atomic mass is 10.2. The Hall–Kier alpha value is -1.04. The van der Waals surface area contributed by atoms with Crippen LogP contribution in [0, 0.1) is 0 Å². The average Bonchev–Trinajstić information content (AvgIpc) is 2.63. The highest BCUT2D eigenvalue weighted by atomic mass is 35.5. The van der Waals surface area contributed by atoms with Crippen LogP contribution >= 0.6 is 11.6 Å². The van der Waals surface area contributed by atoms with Gasteiger partial charge in [0.1, 0.15) is 0 Å². The largest absolute Gasteiger partial charge is 0.276 e. The van der Waals surface area contributed by atoms with E-state index in [2.05, 4.69) is 5.73 Å². The third kappa shape index (κ3) is 0.688. The molecule has 10 heavy (non-hydrogen) atoms. The van der Waals surface area contributed by atoms with Crippen molar-refractivity contribution < 1.29 is 4.79 Å². The molecule has 1 aliphatic rings. The van der Waals surface area contributed by atoms with Gasteiger partial charge in [-0.2, -0.15) is 0 Å². The minimum Gasteiger partial charge on any atom is -0.276 e. The molecule has 0 aliphatic heterocycles. The van der Waals surface area contributed by atoms with E-state index in [1.54, 1.807) is 12.1 Å². The Bertz CT molecular complexity index is 427. The predicted molar refractivity (Wildman–Crippen MR) is 38.4 cm³/mol. The standard InChI is InChI=1S/C8H3ClO/c9-8(10)6-3-1-2-5-4-7(5)6/h1-3H. The molecule has 0 fully saturated rings. The van der Waals surface area contributed by atoms with E-state index >= 15 is 0 Å². The molecule has 0 amide bonds. The lowest BCUT2D eigenvalue weighted by molar-refractivity contribution is 0.108. The van der Waals surface area contributed by atoms with Crippen LogP contribution in [0.3, 0.4) is 0 Å². The van der Waals surface area contributed by atoms with Gasteiger partial charge in [0.25, 0.3) is 5.24 Å². The van der Waals surface area contributed by atoms with Gasteiger partial charge in [-0.15, -0.1) is 5.73 Å². The molecule has 0 unspecified atom stereocenters. The molecule has 1 nitrogen and oxygen atoms in total. The second-order valence-corrected chi connectivity index (χ2v) is 2.47. The number of carbonyl (C=O) groups is 1. The summed E-state index contributed by atoms with van der Waals surface area (Å²) in [6.07, 6.45) is 0. The molecule has 1 aromatic rings. The van der Waals surface area contributed by atoms with Crippen molar-refractivity contribution >= 4 is 22.6 Å². The van der Waals surface area contributed by atoms with Crippen molar-refractivity contribution in [2.45, 2.75) is 0 Å². The molecular weight excluding hydrogens is 148 g/mol. The maximum absolute atomic E-state index is 10.6. The van der Waals surface area contributed by atoms with E-state index in [0.717, 1.165) is 10.4 Å². The molecule has 0 radical (unpaired) electrons. The van der Waals surface area contributed by atoms with Gasteiger partial charge < -0.3 is 0 Å². The Morgan fingerprint density at radius 2 is 2.30 bits per heavy atom.